The number of nitrogens with one attached hydrogen (secondary N) is 1. The van der Waals surface area contributed by atoms with Crippen molar-refractivity contribution in [3.63, 3.8) is 0 Å². The summed E-state index contributed by atoms with van der Waals surface area (Å²) >= 11 is 0. The Labute approximate surface area is 93.2 Å². The van der Waals surface area contributed by atoms with Gasteiger partial charge in [-0.3, -0.25) is 0 Å². The summed E-state index contributed by atoms with van der Waals surface area (Å²) in [5, 5.41) is 13.3. The molecule has 1 rings (SSSR count). The van der Waals surface area contributed by atoms with E-state index in [1.807, 2.05) is 20.8 Å². The lowest BCUT2D eigenvalue weighted by Crippen LogP contribution is -2.42. The molecule has 3 nitrogen and oxygen atoms in total. The fourth-order valence-corrected chi connectivity index (χ4v) is 1.68. The Morgan fingerprint density at radius 2 is 2.27 bits per heavy atom. The van der Waals surface area contributed by atoms with Gasteiger partial charge in [0.25, 0.3) is 0 Å². The summed E-state index contributed by atoms with van der Waals surface area (Å²) in [7, 11) is 0. The summed E-state index contributed by atoms with van der Waals surface area (Å²) in [5.41, 5.74) is -0.601. The van der Waals surface area contributed by atoms with E-state index in [1.54, 1.807) is 0 Å². The van der Waals surface area contributed by atoms with Crippen LogP contribution in [0.5, 0.6) is 0 Å². The van der Waals surface area contributed by atoms with Crippen molar-refractivity contribution in [3.8, 4) is 0 Å². The Morgan fingerprint density at radius 1 is 1.53 bits per heavy atom. The Balaban J connectivity index is 2.05. The molecule has 1 saturated heterocycles. The highest BCUT2D eigenvalue weighted by molar-refractivity contribution is 4.79. The van der Waals surface area contributed by atoms with E-state index < -0.39 is 5.60 Å². The first-order valence-corrected chi connectivity index (χ1v) is 6.07. The van der Waals surface area contributed by atoms with Crippen LogP contribution in [0, 0.1) is 5.92 Å². The maximum atomic E-state index is 9.99. The quantitative estimate of drug-likeness (QED) is 0.661. The molecule has 1 heterocycles. The second kappa shape index (κ2) is 5.83. The van der Waals surface area contributed by atoms with E-state index in [9.17, 15) is 5.11 Å². The Hall–Kier alpha value is -0.120. The molecule has 2 unspecified atom stereocenters. The zero-order valence-corrected chi connectivity index (χ0v) is 10.3. The van der Waals surface area contributed by atoms with Gasteiger partial charge in [0.15, 0.2) is 0 Å². The molecule has 2 atom stereocenters. The second-order valence-electron chi connectivity index (χ2n) is 5.11. The Kier molecular flexibility index (Phi) is 5.03. The maximum absolute atomic E-state index is 9.99. The van der Waals surface area contributed by atoms with Crippen molar-refractivity contribution in [3.05, 3.63) is 0 Å². The molecule has 1 fully saturated rings. The van der Waals surface area contributed by atoms with E-state index in [-0.39, 0.29) is 5.92 Å². The average molecular weight is 215 g/mol. The lowest BCUT2D eigenvalue weighted by molar-refractivity contribution is 0.0132. The molecule has 0 saturated carbocycles. The van der Waals surface area contributed by atoms with Crippen LogP contribution in [0.4, 0.5) is 0 Å². The van der Waals surface area contributed by atoms with Crippen LogP contribution >= 0.6 is 0 Å². The van der Waals surface area contributed by atoms with Crippen LogP contribution in [0.3, 0.4) is 0 Å². The largest absolute Gasteiger partial charge is 0.389 e. The van der Waals surface area contributed by atoms with E-state index in [1.165, 1.54) is 12.8 Å². The van der Waals surface area contributed by atoms with Gasteiger partial charge in [-0.25, -0.2) is 0 Å². The zero-order chi connectivity index (χ0) is 11.3. The van der Waals surface area contributed by atoms with E-state index in [0.29, 0.717) is 12.6 Å². The average Bonchev–Trinajstić information content (AvgIpc) is 2.64. The number of hydrogen-bond acceptors (Lipinski definition) is 3. The molecule has 3 heteroatoms. The van der Waals surface area contributed by atoms with Gasteiger partial charge < -0.3 is 15.2 Å². The molecule has 0 radical (unpaired) electrons. The minimum absolute atomic E-state index is 0.285. The molecule has 0 aliphatic carbocycles. The highest BCUT2D eigenvalue weighted by Gasteiger charge is 2.24. The summed E-state index contributed by atoms with van der Waals surface area (Å²) in [6.07, 6.45) is 3.91. The lowest BCUT2D eigenvalue weighted by atomic mass is 9.92. The van der Waals surface area contributed by atoms with Gasteiger partial charge in [0.05, 0.1) is 11.7 Å². The molecule has 0 bridgehead atoms. The normalized spacial score (nSPS) is 25.8. The Bertz CT molecular complexity index is 174. The van der Waals surface area contributed by atoms with Gasteiger partial charge in [0.1, 0.15) is 0 Å². The third-order valence-corrected chi connectivity index (χ3v) is 3.39. The van der Waals surface area contributed by atoms with Crippen molar-refractivity contribution in [1.29, 1.82) is 0 Å². The number of hydrogen-bond donors (Lipinski definition) is 2. The van der Waals surface area contributed by atoms with E-state index >= 15 is 0 Å². The molecule has 0 aromatic carbocycles. The highest BCUT2D eigenvalue weighted by atomic mass is 16.5. The molecule has 0 spiro atoms. The van der Waals surface area contributed by atoms with Crippen molar-refractivity contribution < 1.29 is 9.84 Å². The van der Waals surface area contributed by atoms with Crippen molar-refractivity contribution in [2.75, 3.05) is 19.7 Å². The molecule has 2 N–H and O–H groups in total. The number of ether oxygens (including phenoxy) is 1. The first kappa shape index (κ1) is 12.9. The first-order chi connectivity index (χ1) is 7.02. The van der Waals surface area contributed by atoms with Gasteiger partial charge in [0.2, 0.25) is 0 Å². The van der Waals surface area contributed by atoms with Crippen molar-refractivity contribution in [2.45, 2.75) is 51.7 Å². The summed E-state index contributed by atoms with van der Waals surface area (Å²) in [4.78, 5) is 0. The zero-order valence-electron chi connectivity index (χ0n) is 10.3. The monoisotopic (exact) mass is 215 g/mol. The van der Waals surface area contributed by atoms with Crippen molar-refractivity contribution in [1.82, 2.24) is 5.32 Å². The topological polar surface area (TPSA) is 41.5 Å². The number of aliphatic hydroxyl groups is 1. The van der Waals surface area contributed by atoms with Gasteiger partial charge in [-0.15, -0.1) is 0 Å². The summed E-state index contributed by atoms with van der Waals surface area (Å²) in [6.45, 7) is 8.50. The van der Waals surface area contributed by atoms with Gasteiger partial charge in [-0.1, -0.05) is 13.8 Å². The molecule has 1 aliphatic heterocycles. The lowest BCUT2D eigenvalue weighted by Gasteiger charge is -2.28. The molecule has 0 amide bonds. The highest BCUT2D eigenvalue weighted by Crippen LogP contribution is 2.16. The third kappa shape index (κ3) is 4.49. The molecule has 0 aromatic heterocycles. The third-order valence-electron chi connectivity index (χ3n) is 3.39. The van der Waals surface area contributed by atoms with Crippen LogP contribution in [-0.2, 0) is 4.74 Å². The minimum Gasteiger partial charge on any atom is -0.389 e. The number of rotatable bonds is 6. The predicted octanol–water partition coefficient (Wildman–Crippen LogP) is 1.55. The van der Waals surface area contributed by atoms with Gasteiger partial charge in [-0.05, 0) is 38.6 Å². The molecular formula is C12H25NO2. The van der Waals surface area contributed by atoms with Crippen LogP contribution in [-0.4, -0.2) is 36.5 Å². The van der Waals surface area contributed by atoms with Crippen LogP contribution < -0.4 is 5.32 Å². The standard InChI is InChI=1S/C12H25NO2/c1-10(2)12(3,14)9-13-7-6-11-5-4-8-15-11/h10-11,13-14H,4-9H2,1-3H3. The van der Waals surface area contributed by atoms with E-state index in [4.69, 9.17) is 4.74 Å². The van der Waals surface area contributed by atoms with Crippen molar-refractivity contribution in [2.24, 2.45) is 5.92 Å². The first-order valence-electron chi connectivity index (χ1n) is 6.07. The predicted molar refractivity (Wildman–Crippen MR) is 61.9 cm³/mol. The van der Waals surface area contributed by atoms with Crippen LogP contribution in [0.1, 0.15) is 40.0 Å². The summed E-state index contributed by atoms with van der Waals surface area (Å²) in [6, 6.07) is 0. The smallest absolute Gasteiger partial charge is 0.0766 e. The molecular weight excluding hydrogens is 190 g/mol. The fourth-order valence-electron chi connectivity index (χ4n) is 1.68. The van der Waals surface area contributed by atoms with Crippen LogP contribution in [0.25, 0.3) is 0 Å². The molecule has 1 aliphatic rings. The van der Waals surface area contributed by atoms with Gasteiger partial charge in [0, 0.05) is 13.2 Å². The molecule has 90 valence electrons. The van der Waals surface area contributed by atoms with Gasteiger partial charge in [-0.2, -0.15) is 0 Å². The van der Waals surface area contributed by atoms with E-state index in [2.05, 4.69) is 5.32 Å². The van der Waals surface area contributed by atoms with Crippen LogP contribution in [0.2, 0.25) is 0 Å². The van der Waals surface area contributed by atoms with Crippen molar-refractivity contribution >= 4 is 0 Å². The van der Waals surface area contributed by atoms with E-state index in [0.717, 1.165) is 19.6 Å². The van der Waals surface area contributed by atoms with Crippen LogP contribution in [0.15, 0.2) is 0 Å². The summed E-state index contributed by atoms with van der Waals surface area (Å²) in [5.74, 6) is 0.285. The molecule has 0 aromatic rings. The SMILES string of the molecule is CC(C)C(C)(O)CNCCC1CCCO1. The second-order valence-corrected chi connectivity index (χ2v) is 5.11. The summed E-state index contributed by atoms with van der Waals surface area (Å²) < 4.78 is 5.53. The van der Waals surface area contributed by atoms with Gasteiger partial charge >= 0.3 is 0 Å². The fraction of sp³-hybridized carbons (Fsp3) is 1.00. The Morgan fingerprint density at radius 3 is 2.80 bits per heavy atom. The minimum atomic E-state index is -0.601. The maximum Gasteiger partial charge on any atom is 0.0766 e. The molecule has 15 heavy (non-hydrogen) atoms.